The Balaban J connectivity index is 2.69. The van der Waals surface area contributed by atoms with Crippen LogP contribution in [0.15, 0.2) is 17.3 Å². The van der Waals surface area contributed by atoms with E-state index in [0.29, 0.717) is 0 Å². The van der Waals surface area contributed by atoms with E-state index >= 15 is 0 Å². The van der Waals surface area contributed by atoms with Crippen LogP contribution in [-0.4, -0.2) is 28.6 Å². The number of nitrogens with zero attached hydrogens (tertiary/aromatic N) is 1. The van der Waals surface area contributed by atoms with Gasteiger partial charge in [0.25, 0.3) is 0 Å². The summed E-state index contributed by atoms with van der Waals surface area (Å²) in [6.07, 6.45) is 4.19. The second-order valence-electron chi connectivity index (χ2n) is 1.74. The molecule has 0 fully saturated rings. The highest BCUT2D eigenvalue weighted by molar-refractivity contribution is 5.74. The first kappa shape index (κ1) is 5.47. The van der Waals surface area contributed by atoms with Gasteiger partial charge in [-0.15, -0.1) is 0 Å². The SMILES string of the molecule is OCC1(O)C=CN=C1. The van der Waals surface area contributed by atoms with Gasteiger partial charge in [0.2, 0.25) is 0 Å². The topological polar surface area (TPSA) is 52.8 Å². The van der Waals surface area contributed by atoms with Crippen LogP contribution in [0.1, 0.15) is 0 Å². The monoisotopic (exact) mass is 113 g/mol. The van der Waals surface area contributed by atoms with Crippen LogP contribution in [-0.2, 0) is 0 Å². The number of aliphatic imine (C=N–C) groups is 1. The van der Waals surface area contributed by atoms with E-state index in [1.165, 1.54) is 18.5 Å². The minimum absolute atomic E-state index is 0.299. The molecule has 0 amide bonds. The maximum absolute atomic E-state index is 9.01. The molecular weight excluding hydrogens is 106 g/mol. The number of rotatable bonds is 1. The first-order valence-electron chi connectivity index (χ1n) is 2.32. The average molecular weight is 113 g/mol. The highest BCUT2D eigenvalue weighted by atomic mass is 16.3. The third-order valence-electron chi connectivity index (χ3n) is 1.00. The summed E-state index contributed by atoms with van der Waals surface area (Å²) in [5.74, 6) is 0. The number of hydrogen-bond acceptors (Lipinski definition) is 3. The molecule has 0 aromatic carbocycles. The molecule has 1 rings (SSSR count). The Morgan fingerprint density at radius 3 is 2.62 bits per heavy atom. The molecule has 1 aliphatic heterocycles. The van der Waals surface area contributed by atoms with Gasteiger partial charge < -0.3 is 10.2 Å². The molecule has 44 valence electrons. The summed E-state index contributed by atoms with van der Waals surface area (Å²) in [6.45, 7) is -0.299. The molecule has 2 N–H and O–H groups in total. The smallest absolute Gasteiger partial charge is 0.142 e. The van der Waals surface area contributed by atoms with Crippen molar-refractivity contribution in [1.82, 2.24) is 0 Å². The van der Waals surface area contributed by atoms with Crippen LogP contribution in [0.4, 0.5) is 0 Å². The van der Waals surface area contributed by atoms with Gasteiger partial charge in [0.05, 0.1) is 6.61 Å². The minimum atomic E-state index is -1.18. The van der Waals surface area contributed by atoms with Gasteiger partial charge in [-0.25, -0.2) is 0 Å². The van der Waals surface area contributed by atoms with E-state index in [1.54, 1.807) is 0 Å². The van der Waals surface area contributed by atoms with Crippen molar-refractivity contribution in [3.05, 3.63) is 12.3 Å². The first-order valence-corrected chi connectivity index (χ1v) is 2.32. The molecule has 0 spiro atoms. The summed E-state index contributed by atoms with van der Waals surface area (Å²) in [4.78, 5) is 3.59. The van der Waals surface area contributed by atoms with Gasteiger partial charge in [0.1, 0.15) is 5.60 Å². The van der Waals surface area contributed by atoms with Crippen LogP contribution in [0.25, 0.3) is 0 Å². The zero-order valence-electron chi connectivity index (χ0n) is 4.28. The quantitative estimate of drug-likeness (QED) is 0.472. The maximum Gasteiger partial charge on any atom is 0.142 e. The lowest BCUT2D eigenvalue weighted by molar-refractivity contribution is 0.0899. The summed E-state index contributed by atoms with van der Waals surface area (Å²) in [5, 5.41) is 17.4. The predicted octanol–water partition coefficient (Wildman–Crippen LogP) is -0.692. The van der Waals surface area contributed by atoms with E-state index in [2.05, 4.69) is 4.99 Å². The van der Waals surface area contributed by atoms with Gasteiger partial charge in [-0.1, -0.05) is 0 Å². The summed E-state index contributed by atoms with van der Waals surface area (Å²) in [5.41, 5.74) is -1.18. The first-order chi connectivity index (χ1) is 3.77. The Morgan fingerprint density at radius 2 is 2.38 bits per heavy atom. The van der Waals surface area contributed by atoms with Crippen LogP contribution in [0.2, 0.25) is 0 Å². The van der Waals surface area contributed by atoms with Crippen LogP contribution in [0.3, 0.4) is 0 Å². The number of aliphatic hydroxyl groups excluding tert-OH is 1. The van der Waals surface area contributed by atoms with E-state index in [4.69, 9.17) is 10.2 Å². The zero-order chi connectivity index (χ0) is 6.04. The Hall–Kier alpha value is -0.670. The third kappa shape index (κ3) is 0.778. The van der Waals surface area contributed by atoms with Crippen molar-refractivity contribution in [2.24, 2.45) is 4.99 Å². The number of aliphatic hydroxyl groups is 2. The molecule has 1 aliphatic rings. The lowest BCUT2D eigenvalue weighted by Crippen LogP contribution is -2.30. The molecule has 0 aromatic rings. The normalized spacial score (nSPS) is 34.2. The van der Waals surface area contributed by atoms with Gasteiger partial charge in [-0.3, -0.25) is 4.99 Å². The second kappa shape index (κ2) is 1.69. The number of hydrogen-bond donors (Lipinski definition) is 2. The molecule has 1 unspecified atom stereocenters. The second-order valence-corrected chi connectivity index (χ2v) is 1.74. The van der Waals surface area contributed by atoms with Crippen molar-refractivity contribution in [3.63, 3.8) is 0 Å². The van der Waals surface area contributed by atoms with Crippen molar-refractivity contribution in [3.8, 4) is 0 Å². The lowest BCUT2D eigenvalue weighted by Gasteiger charge is -2.10. The van der Waals surface area contributed by atoms with Gasteiger partial charge >= 0.3 is 0 Å². The summed E-state index contributed by atoms with van der Waals surface area (Å²) in [7, 11) is 0. The Kier molecular flexibility index (Phi) is 1.15. The zero-order valence-corrected chi connectivity index (χ0v) is 4.28. The van der Waals surface area contributed by atoms with E-state index in [1.807, 2.05) is 0 Å². The molecule has 0 saturated carbocycles. The molecule has 3 nitrogen and oxygen atoms in total. The molecule has 3 heteroatoms. The molecule has 1 heterocycles. The molecule has 8 heavy (non-hydrogen) atoms. The van der Waals surface area contributed by atoms with Crippen LogP contribution in [0, 0.1) is 0 Å². The van der Waals surface area contributed by atoms with Crippen molar-refractivity contribution >= 4 is 6.21 Å². The van der Waals surface area contributed by atoms with Crippen molar-refractivity contribution in [2.45, 2.75) is 5.60 Å². The summed E-state index contributed by atoms with van der Waals surface area (Å²) >= 11 is 0. The highest BCUT2D eigenvalue weighted by Gasteiger charge is 2.21. The maximum atomic E-state index is 9.01. The van der Waals surface area contributed by atoms with Gasteiger partial charge in [0, 0.05) is 12.4 Å². The Labute approximate surface area is 47.0 Å². The van der Waals surface area contributed by atoms with Gasteiger partial charge in [-0.05, 0) is 6.08 Å². The molecule has 0 aliphatic carbocycles. The standard InChI is InChI=1S/C5H7NO2/c7-4-5(8)1-2-6-3-5/h1-3,7-8H,4H2. The highest BCUT2D eigenvalue weighted by Crippen LogP contribution is 2.07. The summed E-state index contributed by atoms with van der Waals surface area (Å²) in [6, 6.07) is 0. The van der Waals surface area contributed by atoms with Crippen molar-refractivity contribution in [2.75, 3.05) is 6.61 Å². The molecule has 0 bridgehead atoms. The summed E-state index contributed by atoms with van der Waals surface area (Å²) < 4.78 is 0. The minimum Gasteiger partial charge on any atom is -0.393 e. The van der Waals surface area contributed by atoms with Gasteiger partial charge in [0.15, 0.2) is 0 Å². The fourth-order valence-electron chi connectivity index (χ4n) is 0.481. The molecule has 0 saturated heterocycles. The lowest BCUT2D eigenvalue weighted by atomic mass is 10.1. The molecule has 0 radical (unpaired) electrons. The fraction of sp³-hybridized carbons (Fsp3) is 0.400. The van der Waals surface area contributed by atoms with E-state index in [9.17, 15) is 0 Å². The van der Waals surface area contributed by atoms with Gasteiger partial charge in [-0.2, -0.15) is 0 Å². The largest absolute Gasteiger partial charge is 0.393 e. The average Bonchev–Trinajstić information content (AvgIpc) is 2.17. The van der Waals surface area contributed by atoms with E-state index in [0.717, 1.165) is 0 Å². The molecule has 1 atom stereocenters. The third-order valence-corrected chi connectivity index (χ3v) is 1.00. The predicted molar refractivity (Wildman–Crippen MR) is 29.7 cm³/mol. The van der Waals surface area contributed by atoms with Crippen LogP contribution >= 0.6 is 0 Å². The van der Waals surface area contributed by atoms with Crippen molar-refractivity contribution < 1.29 is 10.2 Å². The molecule has 0 aromatic heterocycles. The fourth-order valence-corrected chi connectivity index (χ4v) is 0.481. The van der Waals surface area contributed by atoms with Crippen molar-refractivity contribution in [1.29, 1.82) is 0 Å². The van der Waals surface area contributed by atoms with Crippen LogP contribution in [0.5, 0.6) is 0 Å². The molecular formula is C5H7NO2. The van der Waals surface area contributed by atoms with Crippen LogP contribution < -0.4 is 0 Å². The Morgan fingerprint density at radius 1 is 1.62 bits per heavy atom. The van der Waals surface area contributed by atoms with E-state index < -0.39 is 5.60 Å². The Bertz CT molecular complexity index is 127. The van der Waals surface area contributed by atoms with E-state index in [-0.39, 0.29) is 6.61 Å².